The van der Waals surface area contributed by atoms with Crippen LogP contribution in [-0.2, 0) is 6.42 Å². The summed E-state index contributed by atoms with van der Waals surface area (Å²) in [6.45, 7) is 0.461. The average Bonchev–Trinajstić information content (AvgIpc) is 2.68. The predicted octanol–water partition coefficient (Wildman–Crippen LogP) is 4.45. The monoisotopic (exact) mass is 361 g/mol. The van der Waals surface area contributed by atoms with Crippen molar-refractivity contribution in [3.05, 3.63) is 70.2 Å². The van der Waals surface area contributed by atoms with Crippen LogP contribution in [0.2, 0.25) is 0 Å². The Morgan fingerprint density at radius 3 is 2.08 bits per heavy atom. The Kier molecular flexibility index (Phi) is 3.12. The minimum Gasteiger partial charge on any atom is -0.267 e. The third kappa shape index (κ3) is 4.72. The molecule has 0 saturated heterocycles. The summed E-state index contributed by atoms with van der Waals surface area (Å²) in [7, 11) is 0. The van der Waals surface area contributed by atoms with Crippen molar-refractivity contribution in [3.63, 3.8) is 0 Å². The smallest absolute Gasteiger partial charge is 0.267 e. The number of amides is 2. The van der Waals surface area contributed by atoms with E-state index in [1.807, 2.05) is 6.92 Å². The lowest BCUT2D eigenvalue weighted by atomic mass is 10.0. The first-order valence-corrected chi connectivity index (χ1v) is 8.21. The first-order valence-electron chi connectivity index (χ1n) is 12.7. The Bertz CT molecular complexity index is 1090. The molecule has 0 fully saturated rings. The molecular formula is C22H28N2O2. The number of rotatable bonds is 3. The molecule has 0 aliphatic heterocycles. The van der Waals surface area contributed by atoms with E-state index >= 15 is 0 Å². The van der Waals surface area contributed by atoms with Crippen molar-refractivity contribution in [2.75, 3.05) is 0 Å². The molecule has 2 aromatic rings. The number of aryl methyl sites for hydroxylation is 1. The standard InChI is InChI=1S/C22H28N2O2/c1-7-17-8-10-18(11-9-17)20(25)23-24(22(4,5)6)21(26)19-13-15(2)12-16(3)14-19/h8-14H,7H2,1-6H3,(H,23,25)/i2D3,3D3,12D,13D,14D. The lowest BCUT2D eigenvalue weighted by molar-refractivity contribution is 0.0358. The fourth-order valence-electron chi connectivity index (χ4n) is 2.27. The second-order valence-corrected chi connectivity index (χ2v) is 6.80. The van der Waals surface area contributed by atoms with Crippen LogP contribution in [0.15, 0.2) is 42.4 Å². The summed E-state index contributed by atoms with van der Waals surface area (Å²) in [4.78, 5) is 26.5. The fraction of sp³-hybridized carbons (Fsp3) is 0.364. The third-order valence-corrected chi connectivity index (χ3v) is 3.68. The van der Waals surface area contributed by atoms with Crippen LogP contribution in [0.1, 0.15) is 77.4 Å². The Morgan fingerprint density at radius 2 is 1.62 bits per heavy atom. The van der Waals surface area contributed by atoms with Gasteiger partial charge in [0.15, 0.2) is 0 Å². The number of carbonyl (C=O) groups excluding carboxylic acids is 2. The van der Waals surface area contributed by atoms with Crippen molar-refractivity contribution in [3.8, 4) is 0 Å². The molecular weight excluding hydrogens is 324 g/mol. The molecule has 2 aromatic carbocycles. The molecule has 0 spiro atoms. The molecule has 0 aliphatic carbocycles. The van der Waals surface area contributed by atoms with Crippen LogP contribution in [0, 0.1) is 13.7 Å². The molecule has 2 rings (SSSR count). The maximum absolute atomic E-state index is 13.6. The van der Waals surface area contributed by atoms with Gasteiger partial charge < -0.3 is 0 Å². The van der Waals surface area contributed by atoms with Crippen molar-refractivity contribution < 1.29 is 21.9 Å². The van der Waals surface area contributed by atoms with E-state index in [-0.39, 0.29) is 5.56 Å². The molecule has 0 atom stereocenters. The number of carbonyl (C=O) groups is 2. The zero-order valence-corrected chi connectivity index (χ0v) is 15.3. The highest BCUT2D eigenvalue weighted by Crippen LogP contribution is 2.18. The van der Waals surface area contributed by atoms with Crippen LogP contribution < -0.4 is 5.43 Å². The SMILES string of the molecule is [2H]c1c(C(=O)N(NC(=O)c2ccc(CC)cc2)C(C)(C)C)c([2H])c(C([2H])([2H])[2H])c([2H])c1C([2H])([2H])[2H]. The third-order valence-electron chi connectivity index (χ3n) is 3.68. The van der Waals surface area contributed by atoms with E-state index in [4.69, 9.17) is 12.3 Å². The minimum atomic E-state index is -3.09. The molecule has 4 nitrogen and oxygen atoms in total. The zero-order valence-electron chi connectivity index (χ0n) is 24.3. The highest BCUT2D eigenvalue weighted by Gasteiger charge is 2.29. The van der Waals surface area contributed by atoms with Gasteiger partial charge >= 0.3 is 0 Å². The van der Waals surface area contributed by atoms with Gasteiger partial charge in [-0.1, -0.05) is 36.2 Å². The summed E-state index contributed by atoms with van der Waals surface area (Å²) in [5.41, 5.74) is -0.164. The van der Waals surface area contributed by atoms with Gasteiger partial charge in [-0.2, -0.15) is 0 Å². The predicted molar refractivity (Wildman–Crippen MR) is 105 cm³/mol. The summed E-state index contributed by atoms with van der Waals surface area (Å²) in [6.07, 6.45) is 0.761. The van der Waals surface area contributed by atoms with E-state index in [9.17, 15) is 9.59 Å². The Hall–Kier alpha value is -2.62. The van der Waals surface area contributed by atoms with Crippen LogP contribution in [-0.4, -0.2) is 22.4 Å². The van der Waals surface area contributed by atoms with Crippen LogP contribution in [0.3, 0.4) is 0 Å². The van der Waals surface area contributed by atoms with Crippen LogP contribution in [0.5, 0.6) is 0 Å². The molecule has 0 aromatic heterocycles. The van der Waals surface area contributed by atoms with Crippen molar-refractivity contribution in [1.82, 2.24) is 10.4 Å². The average molecular weight is 362 g/mol. The van der Waals surface area contributed by atoms with E-state index in [0.29, 0.717) is 0 Å². The number of hydrogen-bond acceptors (Lipinski definition) is 2. The molecule has 26 heavy (non-hydrogen) atoms. The summed E-state index contributed by atoms with van der Waals surface area (Å²) in [5, 5.41) is 0.838. The lowest BCUT2D eigenvalue weighted by Gasteiger charge is -2.35. The van der Waals surface area contributed by atoms with Gasteiger partial charge in [-0.3, -0.25) is 15.0 Å². The highest BCUT2D eigenvalue weighted by atomic mass is 16.2. The van der Waals surface area contributed by atoms with Gasteiger partial charge in [0, 0.05) is 19.4 Å². The number of nitrogens with zero attached hydrogens (tertiary/aromatic N) is 1. The minimum absolute atomic E-state index is 0.231. The summed E-state index contributed by atoms with van der Waals surface area (Å²) in [5.74, 6) is -1.81. The number of hydrazine groups is 1. The van der Waals surface area contributed by atoms with Gasteiger partial charge in [-0.05, 0) is 70.7 Å². The van der Waals surface area contributed by atoms with E-state index in [0.717, 1.165) is 17.0 Å². The Morgan fingerprint density at radius 1 is 1.04 bits per heavy atom. The largest absolute Gasteiger partial charge is 0.272 e. The molecule has 1 N–H and O–H groups in total. The zero-order chi connectivity index (χ0) is 27.1. The Labute approximate surface area is 168 Å². The lowest BCUT2D eigenvalue weighted by Crippen LogP contribution is -2.55. The quantitative estimate of drug-likeness (QED) is 0.821. The van der Waals surface area contributed by atoms with Crippen molar-refractivity contribution in [2.45, 2.75) is 53.4 Å². The van der Waals surface area contributed by atoms with Gasteiger partial charge in [-0.25, -0.2) is 5.01 Å². The van der Waals surface area contributed by atoms with Crippen LogP contribution >= 0.6 is 0 Å². The van der Waals surface area contributed by atoms with Crippen molar-refractivity contribution in [1.29, 1.82) is 0 Å². The Balaban J connectivity index is 2.71. The van der Waals surface area contributed by atoms with Crippen molar-refractivity contribution in [2.24, 2.45) is 0 Å². The summed E-state index contributed by atoms with van der Waals surface area (Å²) in [6, 6.07) is 3.74. The van der Waals surface area contributed by atoms with Crippen LogP contribution in [0.4, 0.5) is 0 Å². The van der Waals surface area contributed by atoms with Gasteiger partial charge in [0.1, 0.15) is 0 Å². The number of benzene rings is 2. The van der Waals surface area contributed by atoms with E-state index in [1.54, 1.807) is 45.0 Å². The maximum Gasteiger partial charge on any atom is 0.272 e. The fourth-order valence-corrected chi connectivity index (χ4v) is 2.27. The normalized spacial score (nSPS) is 17.2. The first-order chi connectivity index (χ1) is 15.8. The second-order valence-electron chi connectivity index (χ2n) is 6.80. The van der Waals surface area contributed by atoms with Crippen molar-refractivity contribution >= 4 is 11.8 Å². The van der Waals surface area contributed by atoms with Crippen LogP contribution in [0.25, 0.3) is 0 Å². The molecule has 0 radical (unpaired) electrons. The molecule has 2 amide bonds. The molecule has 0 unspecified atom stereocenters. The number of nitrogens with one attached hydrogen (secondary N) is 1. The summed E-state index contributed by atoms with van der Waals surface area (Å²) < 4.78 is 71.1. The molecule has 4 heteroatoms. The molecule has 0 bridgehead atoms. The van der Waals surface area contributed by atoms with Gasteiger partial charge in [0.05, 0.1) is 9.65 Å². The summed E-state index contributed by atoms with van der Waals surface area (Å²) >= 11 is 0. The topological polar surface area (TPSA) is 49.4 Å². The van der Waals surface area contributed by atoms with Gasteiger partial charge in [-0.15, -0.1) is 0 Å². The second kappa shape index (κ2) is 7.73. The highest BCUT2D eigenvalue weighted by molar-refractivity contribution is 5.99. The maximum atomic E-state index is 13.6. The first kappa shape index (κ1) is 10.5. The molecule has 0 saturated carbocycles. The number of hydrogen-bond donors (Lipinski definition) is 1. The van der Waals surface area contributed by atoms with E-state index < -0.39 is 65.9 Å². The van der Waals surface area contributed by atoms with Gasteiger partial charge in [0.25, 0.3) is 11.8 Å². The molecule has 0 heterocycles. The molecule has 138 valence electrons. The van der Waals surface area contributed by atoms with Gasteiger partial charge in [0.2, 0.25) is 0 Å². The molecule has 0 aliphatic rings. The van der Waals surface area contributed by atoms with E-state index in [1.165, 1.54) is 0 Å². The van der Waals surface area contributed by atoms with E-state index in [2.05, 4.69) is 5.43 Å².